The van der Waals surface area contributed by atoms with Crippen LogP contribution in [0.5, 0.6) is 0 Å². The number of nitrogens with one attached hydrogen (secondary N) is 1. The van der Waals surface area contributed by atoms with E-state index in [1.807, 2.05) is 20.8 Å². The highest BCUT2D eigenvalue weighted by molar-refractivity contribution is 5.67. The molecule has 1 aliphatic rings. The van der Waals surface area contributed by atoms with Crippen LogP contribution in [-0.4, -0.2) is 55.9 Å². The summed E-state index contributed by atoms with van der Waals surface area (Å²) in [6.07, 6.45) is 4.34. The van der Waals surface area contributed by atoms with Gasteiger partial charge in [0.05, 0.1) is 0 Å². The number of rotatable bonds is 7. The highest BCUT2D eigenvalue weighted by Gasteiger charge is 2.15. The van der Waals surface area contributed by atoms with Gasteiger partial charge in [-0.05, 0) is 40.2 Å². The van der Waals surface area contributed by atoms with Gasteiger partial charge in [-0.25, -0.2) is 10.1 Å². The van der Waals surface area contributed by atoms with Crippen molar-refractivity contribution >= 4 is 6.09 Å². The largest absolute Gasteiger partial charge is 0.444 e. The molecule has 117 valence electrons. The van der Waals surface area contributed by atoms with E-state index in [4.69, 9.17) is 4.74 Å². The number of unbranched alkanes of at least 4 members (excludes halogenated alkanes) is 3. The van der Waals surface area contributed by atoms with Gasteiger partial charge in [-0.15, -0.1) is 0 Å². The number of hydrogen-bond acceptors (Lipinski definition) is 3. The average Bonchev–Trinajstić information content (AvgIpc) is 2.37. The predicted molar refractivity (Wildman–Crippen MR) is 81.0 cm³/mol. The van der Waals surface area contributed by atoms with Gasteiger partial charge in [0.1, 0.15) is 5.60 Å². The fraction of sp³-hybridized carbons (Fsp3) is 0.933. The maximum Gasteiger partial charge on any atom is 0.407 e. The van der Waals surface area contributed by atoms with E-state index < -0.39 is 5.60 Å². The Bertz CT molecular complexity index is 271. The van der Waals surface area contributed by atoms with E-state index in [0.717, 1.165) is 39.0 Å². The van der Waals surface area contributed by atoms with Crippen LogP contribution in [0.4, 0.5) is 4.79 Å². The van der Waals surface area contributed by atoms with E-state index in [0.29, 0.717) is 6.54 Å². The van der Waals surface area contributed by atoms with Gasteiger partial charge in [-0.1, -0.05) is 12.8 Å². The number of piperazine rings is 1. The minimum absolute atomic E-state index is 0.311. The Kier molecular flexibility index (Phi) is 7.92. The molecular weight excluding hydrogens is 254 g/mol. The summed E-state index contributed by atoms with van der Waals surface area (Å²) >= 11 is 0. The van der Waals surface area contributed by atoms with E-state index in [9.17, 15) is 4.79 Å². The summed E-state index contributed by atoms with van der Waals surface area (Å²) in [6.45, 7) is 11.8. The molecule has 0 aromatic carbocycles. The first-order valence-corrected chi connectivity index (χ1v) is 7.80. The molecule has 0 saturated carbocycles. The highest BCUT2D eigenvalue weighted by Crippen LogP contribution is 2.07. The Hall–Kier alpha value is -0.810. The van der Waals surface area contributed by atoms with Crippen LogP contribution in [0.15, 0.2) is 0 Å². The molecule has 20 heavy (non-hydrogen) atoms. The van der Waals surface area contributed by atoms with Crippen molar-refractivity contribution in [2.24, 2.45) is 0 Å². The Morgan fingerprint density at radius 2 is 1.80 bits per heavy atom. The van der Waals surface area contributed by atoms with Crippen LogP contribution < -0.4 is 10.6 Å². The van der Waals surface area contributed by atoms with Gasteiger partial charge in [0, 0.05) is 32.7 Å². The lowest BCUT2D eigenvalue weighted by molar-refractivity contribution is 0.0527. The molecule has 0 unspecified atom stereocenters. The number of nitrogens with zero attached hydrogens (tertiary/aromatic N) is 2. The second-order valence-corrected chi connectivity index (χ2v) is 6.36. The number of carbonyl (C=O) groups is 1. The summed E-state index contributed by atoms with van der Waals surface area (Å²) in [5, 5.41) is 7.14. The minimum Gasteiger partial charge on any atom is -0.444 e. The number of hydrogen-bond donors (Lipinski definition) is 1. The molecule has 1 N–H and O–H groups in total. The van der Waals surface area contributed by atoms with Crippen molar-refractivity contribution < 1.29 is 9.53 Å². The van der Waals surface area contributed by atoms with Crippen LogP contribution >= 0.6 is 0 Å². The second-order valence-electron chi connectivity index (χ2n) is 6.36. The zero-order valence-corrected chi connectivity index (χ0v) is 13.3. The lowest BCUT2D eigenvalue weighted by atomic mass is 10.2. The van der Waals surface area contributed by atoms with Crippen LogP contribution in [0.2, 0.25) is 0 Å². The molecule has 5 heteroatoms. The molecule has 1 amide bonds. The summed E-state index contributed by atoms with van der Waals surface area (Å²) in [4.78, 5) is 13.9. The molecule has 5 nitrogen and oxygen atoms in total. The number of ether oxygens (including phenoxy) is 1. The van der Waals surface area contributed by atoms with Crippen LogP contribution in [-0.2, 0) is 4.74 Å². The summed E-state index contributed by atoms with van der Waals surface area (Å²) in [5.41, 5.74) is -0.412. The van der Waals surface area contributed by atoms with Crippen molar-refractivity contribution in [3.05, 3.63) is 0 Å². The first-order chi connectivity index (χ1) is 9.47. The molecule has 0 atom stereocenters. The van der Waals surface area contributed by atoms with Crippen molar-refractivity contribution in [3.63, 3.8) is 0 Å². The second kappa shape index (κ2) is 9.19. The van der Waals surface area contributed by atoms with Gasteiger partial charge in [-0.2, -0.15) is 0 Å². The standard InChI is InChI=1S/C15H30N3O2/c1-15(2,3)20-14(19)17-8-6-4-5-7-11-18-12-9-16-10-13-18/h4-13H2,1-3H3,(H,17,19). The molecule has 0 aliphatic carbocycles. The summed E-state index contributed by atoms with van der Waals surface area (Å²) < 4.78 is 5.18. The van der Waals surface area contributed by atoms with E-state index in [2.05, 4.69) is 15.5 Å². The number of carbonyl (C=O) groups excluding carboxylic acids is 1. The molecular formula is C15H30N3O2. The SMILES string of the molecule is CC(C)(C)OC(=O)NCCCCCCN1CC[N]CC1. The van der Waals surface area contributed by atoms with E-state index in [1.54, 1.807) is 0 Å². The van der Waals surface area contributed by atoms with Crippen molar-refractivity contribution in [1.29, 1.82) is 0 Å². The Morgan fingerprint density at radius 1 is 1.15 bits per heavy atom. The first-order valence-electron chi connectivity index (χ1n) is 7.80. The van der Waals surface area contributed by atoms with Gasteiger partial charge in [0.2, 0.25) is 0 Å². The van der Waals surface area contributed by atoms with Crippen molar-refractivity contribution in [2.75, 3.05) is 39.3 Å². The molecule has 1 saturated heterocycles. The normalized spacial score (nSPS) is 16.9. The van der Waals surface area contributed by atoms with Crippen molar-refractivity contribution in [3.8, 4) is 0 Å². The van der Waals surface area contributed by atoms with Gasteiger partial charge < -0.3 is 15.0 Å². The molecule has 0 spiro atoms. The quantitative estimate of drug-likeness (QED) is 0.727. The zero-order valence-electron chi connectivity index (χ0n) is 13.3. The molecule has 1 heterocycles. The monoisotopic (exact) mass is 284 g/mol. The van der Waals surface area contributed by atoms with Crippen LogP contribution in [0, 0.1) is 0 Å². The molecule has 0 aromatic heterocycles. The smallest absolute Gasteiger partial charge is 0.407 e. The molecule has 0 aromatic rings. The van der Waals surface area contributed by atoms with Crippen LogP contribution in [0.25, 0.3) is 0 Å². The fourth-order valence-corrected chi connectivity index (χ4v) is 2.19. The fourth-order valence-electron chi connectivity index (χ4n) is 2.19. The minimum atomic E-state index is -0.412. The maximum atomic E-state index is 11.4. The maximum absolute atomic E-state index is 11.4. The third kappa shape index (κ3) is 9.15. The molecule has 1 fully saturated rings. The van der Waals surface area contributed by atoms with Gasteiger partial charge in [0.15, 0.2) is 0 Å². The van der Waals surface area contributed by atoms with Gasteiger partial charge >= 0.3 is 6.09 Å². The van der Waals surface area contributed by atoms with Gasteiger partial charge in [-0.3, -0.25) is 0 Å². The summed E-state index contributed by atoms with van der Waals surface area (Å²) in [6, 6.07) is 0. The first kappa shape index (κ1) is 17.2. The Labute approximate surface area is 123 Å². The Morgan fingerprint density at radius 3 is 2.45 bits per heavy atom. The van der Waals surface area contributed by atoms with Gasteiger partial charge in [0.25, 0.3) is 0 Å². The average molecular weight is 284 g/mol. The third-order valence-corrected chi connectivity index (χ3v) is 3.22. The molecule has 1 aliphatic heterocycles. The Balaban J connectivity index is 1.88. The van der Waals surface area contributed by atoms with Crippen LogP contribution in [0.1, 0.15) is 46.5 Å². The summed E-state index contributed by atoms with van der Waals surface area (Å²) in [7, 11) is 0. The topological polar surface area (TPSA) is 55.7 Å². The predicted octanol–water partition coefficient (Wildman–Crippen LogP) is 1.99. The van der Waals surface area contributed by atoms with E-state index in [1.165, 1.54) is 19.4 Å². The van der Waals surface area contributed by atoms with E-state index in [-0.39, 0.29) is 6.09 Å². The molecule has 1 rings (SSSR count). The molecule has 0 bridgehead atoms. The molecule has 1 radical (unpaired) electrons. The number of alkyl carbamates (subject to hydrolysis) is 1. The van der Waals surface area contributed by atoms with Crippen LogP contribution in [0.3, 0.4) is 0 Å². The van der Waals surface area contributed by atoms with Crippen molar-refractivity contribution in [2.45, 2.75) is 52.1 Å². The summed E-state index contributed by atoms with van der Waals surface area (Å²) in [5.74, 6) is 0. The van der Waals surface area contributed by atoms with Crippen molar-refractivity contribution in [1.82, 2.24) is 15.5 Å². The zero-order chi connectivity index (χ0) is 14.8. The third-order valence-electron chi connectivity index (χ3n) is 3.22. The lowest BCUT2D eigenvalue weighted by Gasteiger charge is -2.26. The lowest BCUT2D eigenvalue weighted by Crippen LogP contribution is -2.40. The highest BCUT2D eigenvalue weighted by atomic mass is 16.6. The van der Waals surface area contributed by atoms with E-state index >= 15 is 0 Å². The number of amides is 1.